The number of hydrogen-bond donors (Lipinski definition) is 12. The fourth-order valence-corrected chi connectivity index (χ4v) is 8.57. The molecule has 19 heteroatoms. The lowest BCUT2D eigenvalue weighted by Gasteiger charge is -2.48. The zero-order chi connectivity index (χ0) is 47.0. The Morgan fingerprint density at radius 2 is 0.875 bits per heavy atom. The first-order valence-corrected chi connectivity index (χ1v) is 24.3. The van der Waals surface area contributed by atoms with Crippen molar-refractivity contribution in [2.75, 3.05) is 26.4 Å². The molecule has 0 bridgehead atoms. The zero-order valence-corrected chi connectivity index (χ0v) is 38.3. The van der Waals surface area contributed by atoms with Gasteiger partial charge in [-0.05, 0) is 6.42 Å². The maximum Gasteiger partial charge on any atom is 0.220 e. The van der Waals surface area contributed by atoms with E-state index in [1.807, 2.05) is 0 Å². The van der Waals surface area contributed by atoms with Gasteiger partial charge in [0.05, 0.1) is 38.6 Å². The molecule has 0 aromatic carbocycles. The molecule has 0 radical (unpaired) electrons. The number of unbranched alkanes of at least 4 members (excludes halogenated alkanes) is 18. The van der Waals surface area contributed by atoms with Gasteiger partial charge in [0, 0.05) is 6.42 Å². The van der Waals surface area contributed by atoms with E-state index in [1.54, 1.807) is 6.92 Å². The molecule has 0 saturated carbocycles. The molecule has 64 heavy (non-hydrogen) atoms. The first-order valence-electron chi connectivity index (χ1n) is 24.3. The Hall–Kier alpha value is -1.21. The van der Waals surface area contributed by atoms with Gasteiger partial charge in [0.15, 0.2) is 18.9 Å². The predicted octanol–water partition coefficient (Wildman–Crippen LogP) is 0.529. The van der Waals surface area contributed by atoms with Crippen LogP contribution in [0.4, 0.5) is 0 Å². The van der Waals surface area contributed by atoms with Crippen LogP contribution in [0.3, 0.4) is 0 Å². The van der Waals surface area contributed by atoms with Gasteiger partial charge in [0.25, 0.3) is 0 Å². The highest BCUT2D eigenvalue weighted by Crippen LogP contribution is 2.33. The molecule has 19 nitrogen and oxygen atoms in total. The van der Waals surface area contributed by atoms with Crippen LogP contribution in [0.1, 0.15) is 149 Å². The van der Waals surface area contributed by atoms with Gasteiger partial charge in [0.1, 0.15) is 73.2 Å². The molecule has 17 atom stereocenters. The van der Waals surface area contributed by atoms with E-state index in [1.165, 1.54) is 96.3 Å². The van der Waals surface area contributed by atoms with Crippen LogP contribution in [0, 0.1) is 0 Å². The van der Waals surface area contributed by atoms with E-state index in [-0.39, 0.29) is 18.9 Å². The van der Waals surface area contributed by atoms with Crippen molar-refractivity contribution in [3.63, 3.8) is 0 Å². The summed E-state index contributed by atoms with van der Waals surface area (Å²) in [6.07, 6.45) is -2.17. The highest BCUT2D eigenvalue weighted by atomic mass is 16.8. The van der Waals surface area contributed by atoms with Crippen molar-refractivity contribution in [3.05, 3.63) is 0 Å². The van der Waals surface area contributed by atoms with Crippen molar-refractivity contribution in [1.82, 2.24) is 5.32 Å². The Kier molecular flexibility index (Phi) is 28.3. The van der Waals surface area contributed by atoms with Crippen LogP contribution >= 0.6 is 0 Å². The van der Waals surface area contributed by atoms with Crippen LogP contribution in [0.5, 0.6) is 0 Å². The van der Waals surface area contributed by atoms with Crippen molar-refractivity contribution in [1.29, 1.82) is 0 Å². The molecule has 3 rings (SSSR count). The first-order chi connectivity index (χ1) is 30.8. The quantitative estimate of drug-likeness (QED) is 0.0400. The number of nitrogens with one attached hydrogen (secondary N) is 1. The van der Waals surface area contributed by atoms with E-state index in [4.69, 9.17) is 28.4 Å². The lowest BCUT2D eigenvalue weighted by Crippen LogP contribution is -2.66. The van der Waals surface area contributed by atoms with Crippen molar-refractivity contribution in [2.45, 2.75) is 253 Å². The van der Waals surface area contributed by atoms with E-state index in [2.05, 4.69) is 12.2 Å². The molecular formula is C45H85NO18. The lowest BCUT2D eigenvalue weighted by molar-refractivity contribution is -0.379. The van der Waals surface area contributed by atoms with Crippen LogP contribution in [-0.2, 0) is 33.2 Å². The van der Waals surface area contributed by atoms with Crippen LogP contribution in [0.2, 0.25) is 0 Å². The molecule has 17 unspecified atom stereocenters. The second-order valence-corrected chi connectivity index (χ2v) is 17.9. The van der Waals surface area contributed by atoms with Gasteiger partial charge in [-0.25, -0.2) is 0 Å². The van der Waals surface area contributed by atoms with Crippen molar-refractivity contribution in [2.24, 2.45) is 0 Å². The van der Waals surface area contributed by atoms with E-state index in [0.717, 1.165) is 25.7 Å². The maximum absolute atomic E-state index is 12.4. The van der Waals surface area contributed by atoms with Gasteiger partial charge >= 0.3 is 0 Å². The van der Waals surface area contributed by atoms with Gasteiger partial charge in [-0.3, -0.25) is 4.79 Å². The van der Waals surface area contributed by atoms with Gasteiger partial charge in [-0.2, -0.15) is 0 Å². The molecule has 1 amide bonds. The number of hydrogen-bond acceptors (Lipinski definition) is 18. The average molecular weight is 928 g/mol. The van der Waals surface area contributed by atoms with Gasteiger partial charge in [-0.1, -0.05) is 136 Å². The summed E-state index contributed by atoms with van der Waals surface area (Å²) in [6.45, 7) is 1.21. The van der Waals surface area contributed by atoms with Crippen molar-refractivity contribution < 1.29 is 89.4 Å². The lowest BCUT2D eigenvalue weighted by atomic mass is 9.96. The second-order valence-electron chi connectivity index (χ2n) is 17.9. The van der Waals surface area contributed by atoms with Crippen LogP contribution < -0.4 is 5.32 Å². The standard InChI is InChI=1S/C45H85NO18/c1-3-5-6-7-8-9-10-11-12-13-14-15-16-17-18-19-20-21-22-23-29(50)28(46-33(51)4-2)27-59-43-39(57)36(54)41(31(25-48)61-43)64-45-40(58)37(55)42(32(26-49)62-45)63-44-38(56)35(53)34(52)30(24-47)60-44/h28-32,34-45,47-50,52-58H,3-27H2,1-2H3,(H,46,51). The summed E-state index contributed by atoms with van der Waals surface area (Å²) in [7, 11) is 0. The molecule has 0 spiro atoms. The highest BCUT2D eigenvalue weighted by Gasteiger charge is 2.53. The molecule has 3 fully saturated rings. The summed E-state index contributed by atoms with van der Waals surface area (Å²) in [4.78, 5) is 12.4. The molecule has 12 N–H and O–H groups in total. The topological polar surface area (TPSA) is 307 Å². The van der Waals surface area contributed by atoms with Crippen LogP contribution in [0.15, 0.2) is 0 Å². The predicted molar refractivity (Wildman–Crippen MR) is 231 cm³/mol. The minimum absolute atomic E-state index is 0.150. The van der Waals surface area contributed by atoms with Crippen molar-refractivity contribution >= 4 is 5.91 Å². The van der Waals surface area contributed by atoms with E-state index < -0.39 is 124 Å². The molecule has 3 heterocycles. The molecule has 0 aromatic heterocycles. The summed E-state index contributed by atoms with van der Waals surface area (Å²) >= 11 is 0. The Labute approximate surface area is 379 Å². The zero-order valence-electron chi connectivity index (χ0n) is 38.3. The van der Waals surface area contributed by atoms with Crippen molar-refractivity contribution in [3.8, 4) is 0 Å². The SMILES string of the molecule is CCCCCCCCCCCCCCCCCCCCCC(O)C(COC1OC(CO)C(OC2OC(CO)C(OC3OC(CO)C(O)C(O)C3O)C(O)C2O)C(O)C1O)NC(=O)CC. The molecule has 378 valence electrons. The van der Waals surface area contributed by atoms with E-state index in [9.17, 15) is 61.0 Å². The number of carbonyl (C=O) groups excluding carboxylic acids is 1. The summed E-state index contributed by atoms with van der Waals surface area (Å²) < 4.78 is 33.8. The summed E-state index contributed by atoms with van der Waals surface area (Å²) in [5, 5.41) is 118. The third-order valence-corrected chi connectivity index (χ3v) is 12.7. The largest absolute Gasteiger partial charge is 0.394 e. The van der Waals surface area contributed by atoms with Crippen LogP contribution in [-0.4, -0.2) is 193 Å². The molecule has 3 aliphatic heterocycles. The fraction of sp³-hybridized carbons (Fsp3) is 0.978. The fourth-order valence-electron chi connectivity index (χ4n) is 8.57. The smallest absolute Gasteiger partial charge is 0.220 e. The monoisotopic (exact) mass is 928 g/mol. The normalized spacial score (nSPS) is 34.4. The Morgan fingerprint density at radius 1 is 0.500 bits per heavy atom. The van der Waals surface area contributed by atoms with E-state index >= 15 is 0 Å². The number of aliphatic hydroxyl groups excluding tert-OH is 11. The minimum Gasteiger partial charge on any atom is -0.394 e. The number of amides is 1. The molecular weight excluding hydrogens is 842 g/mol. The Morgan fingerprint density at radius 3 is 1.30 bits per heavy atom. The third kappa shape index (κ3) is 18.4. The van der Waals surface area contributed by atoms with E-state index in [0.29, 0.717) is 6.42 Å². The summed E-state index contributed by atoms with van der Waals surface area (Å²) in [6, 6.07) is -0.877. The second kappa shape index (κ2) is 31.8. The Balaban J connectivity index is 1.40. The number of ether oxygens (including phenoxy) is 6. The number of aliphatic hydroxyl groups is 11. The molecule has 0 aromatic rings. The van der Waals surface area contributed by atoms with Gasteiger partial charge in [0.2, 0.25) is 5.91 Å². The minimum atomic E-state index is -1.96. The summed E-state index contributed by atoms with van der Waals surface area (Å²) in [5.74, 6) is -0.331. The number of carbonyl (C=O) groups is 1. The molecule has 0 aliphatic carbocycles. The molecule has 3 saturated heterocycles. The first kappa shape index (κ1) is 57.1. The summed E-state index contributed by atoms with van der Waals surface area (Å²) in [5.41, 5.74) is 0. The van der Waals surface area contributed by atoms with Gasteiger partial charge in [-0.15, -0.1) is 0 Å². The van der Waals surface area contributed by atoms with Gasteiger partial charge < -0.3 is 89.9 Å². The number of rotatable bonds is 33. The Bertz CT molecular complexity index is 1200. The molecule has 3 aliphatic rings. The van der Waals surface area contributed by atoms with Crippen LogP contribution in [0.25, 0.3) is 0 Å². The maximum atomic E-state index is 12.4. The third-order valence-electron chi connectivity index (χ3n) is 12.7. The average Bonchev–Trinajstić information content (AvgIpc) is 3.29. The highest BCUT2D eigenvalue weighted by molar-refractivity contribution is 5.75.